The van der Waals surface area contributed by atoms with Crippen molar-refractivity contribution in [1.29, 1.82) is 0 Å². The Balaban J connectivity index is 1.37. The molecule has 2 atom stereocenters. The van der Waals surface area contributed by atoms with Gasteiger partial charge in [0.15, 0.2) is 0 Å². The zero-order chi connectivity index (χ0) is 25.3. The number of para-hydroxylation sites is 2. The Kier molecular flexibility index (Phi) is 8.36. The van der Waals surface area contributed by atoms with Gasteiger partial charge in [0.05, 0.1) is 18.5 Å². The highest BCUT2D eigenvalue weighted by Gasteiger charge is 2.19. The van der Waals surface area contributed by atoms with Gasteiger partial charge in [0.25, 0.3) is 5.91 Å². The lowest BCUT2D eigenvalue weighted by Gasteiger charge is -2.22. The molecule has 3 aromatic carbocycles. The molecule has 7 heteroatoms. The van der Waals surface area contributed by atoms with Crippen LogP contribution in [-0.4, -0.2) is 26.7 Å². The van der Waals surface area contributed by atoms with E-state index in [4.69, 9.17) is 15.2 Å². The predicted octanol–water partition coefficient (Wildman–Crippen LogP) is 4.69. The Labute approximate surface area is 211 Å². The number of primary amides is 1. The summed E-state index contributed by atoms with van der Waals surface area (Å²) in [5.41, 5.74) is 8.67. The molecule has 0 aliphatic carbocycles. The molecule has 4 rings (SSSR count). The van der Waals surface area contributed by atoms with Crippen LogP contribution in [0.4, 0.5) is 0 Å². The lowest BCUT2D eigenvalue weighted by atomic mass is 10.0. The van der Waals surface area contributed by atoms with Crippen molar-refractivity contribution in [2.75, 3.05) is 0 Å². The van der Waals surface area contributed by atoms with E-state index in [2.05, 4.69) is 11.1 Å². The molecule has 0 aliphatic rings. The van der Waals surface area contributed by atoms with Crippen LogP contribution in [0, 0.1) is 0 Å². The zero-order valence-electron chi connectivity index (χ0n) is 20.3. The first-order valence-electron chi connectivity index (χ1n) is 12.0. The summed E-state index contributed by atoms with van der Waals surface area (Å²) in [4.78, 5) is 15.4. The molecule has 0 fully saturated rings. The maximum absolute atomic E-state index is 11.4. The van der Waals surface area contributed by atoms with Gasteiger partial charge in [-0.25, -0.2) is 4.98 Å². The van der Waals surface area contributed by atoms with E-state index in [1.54, 1.807) is 17.7 Å². The smallest absolute Gasteiger partial charge is 0.268 e. The number of imidazole rings is 1. The summed E-state index contributed by atoms with van der Waals surface area (Å²) < 4.78 is 13.8. The van der Waals surface area contributed by atoms with Crippen molar-refractivity contribution in [2.24, 2.45) is 5.73 Å². The first-order chi connectivity index (χ1) is 17.5. The lowest BCUT2D eigenvalue weighted by molar-refractivity contribution is 0.0994. The number of amides is 1. The first kappa shape index (κ1) is 25.0. The lowest BCUT2D eigenvalue weighted by Crippen LogP contribution is -2.21. The van der Waals surface area contributed by atoms with Gasteiger partial charge in [-0.05, 0) is 60.7 Å². The third-order valence-corrected chi connectivity index (χ3v) is 6.01. The molecule has 0 saturated heterocycles. The van der Waals surface area contributed by atoms with Gasteiger partial charge in [-0.15, -0.1) is 0 Å². The van der Waals surface area contributed by atoms with E-state index in [9.17, 15) is 9.90 Å². The molecule has 7 nitrogen and oxygen atoms in total. The second-order valence-electron chi connectivity index (χ2n) is 8.74. The largest absolute Gasteiger partial charge is 0.489 e. The fourth-order valence-corrected chi connectivity index (χ4v) is 4.09. The number of aliphatic hydroxyl groups is 1. The Bertz CT molecular complexity index is 1270. The zero-order valence-corrected chi connectivity index (χ0v) is 20.3. The van der Waals surface area contributed by atoms with Gasteiger partial charge in [0.2, 0.25) is 0 Å². The molecule has 0 bridgehead atoms. The summed E-state index contributed by atoms with van der Waals surface area (Å²) in [6.07, 6.45) is 3.80. The number of aryl methyl sites for hydroxylation is 1. The number of rotatable bonds is 12. The Morgan fingerprint density at radius 3 is 2.36 bits per heavy atom. The van der Waals surface area contributed by atoms with Crippen molar-refractivity contribution in [2.45, 2.75) is 45.1 Å². The molecule has 4 aromatic rings. The summed E-state index contributed by atoms with van der Waals surface area (Å²) in [5, 5.41) is 10.3. The van der Waals surface area contributed by atoms with E-state index in [-0.39, 0.29) is 11.7 Å². The molecule has 0 unspecified atom stereocenters. The van der Waals surface area contributed by atoms with Crippen LogP contribution in [0.5, 0.6) is 11.5 Å². The fourth-order valence-electron chi connectivity index (χ4n) is 4.09. The van der Waals surface area contributed by atoms with Crippen LogP contribution < -0.4 is 15.2 Å². The normalized spacial score (nSPS) is 12.6. The second kappa shape index (κ2) is 12.0. The van der Waals surface area contributed by atoms with Crippen molar-refractivity contribution < 1.29 is 19.4 Å². The topological polar surface area (TPSA) is 99.6 Å². The van der Waals surface area contributed by atoms with Gasteiger partial charge < -0.3 is 24.9 Å². The van der Waals surface area contributed by atoms with Crippen molar-refractivity contribution in [3.63, 3.8) is 0 Å². The summed E-state index contributed by atoms with van der Waals surface area (Å²) in [6, 6.07) is 25.6. The van der Waals surface area contributed by atoms with Crippen LogP contribution >= 0.6 is 0 Å². The van der Waals surface area contributed by atoms with Crippen LogP contribution in [0.25, 0.3) is 0 Å². The van der Waals surface area contributed by atoms with Gasteiger partial charge in [0.1, 0.15) is 30.4 Å². The van der Waals surface area contributed by atoms with E-state index in [0.717, 1.165) is 28.2 Å². The number of ether oxygens (including phenoxy) is 2. The Hall–Kier alpha value is -4.10. The first-order valence-corrected chi connectivity index (χ1v) is 12.0. The number of aliphatic hydroxyl groups excluding tert-OH is 1. The van der Waals surface area contributed by atoms with Gasteiger partial charge in [-0.3, -0.25) is 4.79 Å². The van der Waals surface area contributed by atoms with Crippen LogP contribution in [0.3, 0.4) is 0 Å². The molecule has 0 radical (unpaired) electrons. The quantitative estimate of drug-likeness (QED) is 0.303. The number of carbonyl (C=O) groups is 1. The number of aromatic nitrogens is 2. The van der Waals surface area contributed by atoms with E-state index in [0.29, 0.717) is 26.1 Å². The fraction of sp³-hybridized carbons (Fsp3) is 0.241. The molecule has 1 aromatic heterocycles. The SMILES string of the molecule is C[C@H](O)[C@@H](CCc1ccccc1OCc1cccc(COc2ccccc2)c1)n1cnc(C(N)=O)c1. The molecule has 0 saturated carbocycles. The van der Waals surface area contributed by atoms with Gasteiger partial charge >= 0.3 is 0 Å². The minimum atomic E-state index is -0.631. The third-order valence-electron chi connectivity index (χ3n) is 6.01. The third kappa shape index (κ3) is 6.73. The number of hydrogen-bond acceptors (Lipinski definition) is 5. The van der Waals surface area contributed by atoms with Crippen LogP contribution in [0.1, 0.15) is 46.6 Å². The Morgan fingerprint density at radius 2 is 1.67 bits per heavy atom. The minimum Gasteiger partial charge on any atom is -0.489 e. The maximum atomic E-state index is 11.4. The summed E-state index contributed by atoms with van der Waals surface area (Å²) in [7, 11) is 0. The number of nitrogens with two attached hydrogens (primary N) is 1. The summed E-state index contributed by atoms with van der Waals surface area (Å²) in [5.74, 6) is 1.05. The van der Waals surface area contributed by atoms with E-state index >= 15 is 0 Å². The van der Waals surface area contributed by atoms with Gasteiger partial charge in [-0.1, -0.05) is 54.6 Å². The Morgan fingerprint density at radius 1 is 0.972 bits per heavy atom. The molecule has 0 aliphatic heterocycles. The van der Waals surface area contributed by atoms with Crippen molar-refractivity contribution in [1.82, 2.24) is 9.55 Å². The molecule has 3 N–H and O–H groups in total. The molecular weight excluding hydrogens is 454 g/mol. The summed E-state index contributed by atoms with van der Waals surface area (Å²) >= 11 is 0. The van der Waals surface area contributed by atoms with Crippen LogP contribution in [-0.2, 0) is 19.6 Å². The molecule has 186 valence electrons. The standard InChI is InChI=1S/C29H31N3O4/c1-21(33)27(32-17-26(29(30)34)31-20-32)15-14-24-10-5-6-13-28(24)36-19-23-9-7-8-22(16-23)18-35-25-11-3-2-4-12-25/h2-13,16-17,20-21,27,33H,14-15,18-19H2,1H3,(H2,30,34)/t21-,27+/m0/s1. The maximum Gasteiger partial charge on any atom is 0.268 e. The van der Waals surface area contributed by atoms with E-state index < -0.39 is 12.0 Å². The van der Waals surface area contributed by atoms with Crippen molar-refractivity contribution in [3.05, 3.63) is 114 Å². The number of nitrogens with zero attached hydrogens (tertiary/aromatic N) is 2. The average molecular weight is 486 g/mol. The average Bonchev–Trinajstić information content (AvgIpc) is 3.38. The molecule has 0 spiro atoms. The van der Waals surface area contributed by atoms with Crippen LogP contribution in [0.2, 0.25) is 0 Å². The number of hydrogen-bond donors (Lipinski definition) is 2. The summed E-state index contributed by atoms with van der Waals surface area (Å²) in [6.45, 7) is 2.64. The minimum absolute atomic E-state index is 0.181. The monoisotopic (exact) mass is 485 g/mol. The van der Waals surface area contributed by atoms with Crippen LogP contribution in [0.15, 0.2) is 91.4 Å². The highest BCUT2D eigenvalue weighted by molar-refractivity contribution is 5.90. The number of benzene rings is 3. The van der Waals surface area contributed by atoms with Crippen molar-refractivity contribution in [3.8, 4) is 11.5 Å². The van der Waals surface area contributed by atoms with Gasteiger partial charge in [0, 0.05) is 6.20 Å². The van der Waals surface area contributed by atoms with Crippen molar-refractivity contribution >= 4 is 5.91 Å². The molecule has 1 heterocycles. The molecule has 36 heavy (non-hydrogen) atoms. The predicted molar refractivity (Wildman–Crippen MR) is 138 cm³/mol. The number of carbonyl (C=O) groups excluding carboxylic acids is 1. The van der Waals surface area contributed by atoms with E-state index in [1.807, 2.05) is 72.8 Å². The van der Waals surface area contributed by atoms with E-state index in [1.165, 1.54) is 6.33 Å². The highest BCUT2D eigenvalue weighted by atomic mass is 16.5. The second-order valence-corrected chi connectivity index (χ2v) is 8.74. The molecule has 1 amide bonds. The highest BCUT2D eigenvalue weighted by Crippen LogP contribution is 2.26. The molecular formula is C29H31N3O4. The van der Waals surface area contributed by atoms with Gasteiger partial charge in [-0.2, -0.15) is 0 Å².